The topological polar surface area (TPSA) is 35.2 Å². The van der Waals surface area contributed by atoms with Gasteiger partial charge in [-0.15, -0.1) is 0 Å². The van der Waals surface area contributed by atoms with E-state index in [0.29, 0.717) is 11.5 Å². The van der Waals surface area contributed by atoms with Crippen molar-refractivity contribution in [3.8, 4) is 0 Å². The van der Waals surface area contributed by atoms with Gasteiger partial charge in [-0.05, 0) is 37.0 Å². The lowest BCUT2D eigenvalue weighted by Gasteiger charge is -2.43. The summed E-state index contributed by atoms with van der Waals surface area (Å²) in [6.07, 6.45) is 4.05. The van der Waals surface area contributed by atoms with Crippen LogP contribution in [0.4, 0.5) is 4.39 Å². The lowest BCUT2D eigenvalue weighted by molar-refractivity contribution is -0.0724. The molecule has 1 aliphatic carbocycles. The van der Waals surface area contributed by atoms with Crippen LogP contribution in [-0.2, 0) is 4.74 Å². The standard InChI is InChI=1S/C15H21BrFNO/c1-10-4-3-7-15(9-10,19-2)14(18)12-8-11(16)5-6-13(12)17/h5-6,8,10,14H,3-4,7,9,18H2,1-2H3. The number of halogens is 2. The monoisotopic (exact) mass is 329 g/mol. The van der Waals surface area contributed by atoms with E-state index in [1.165, 1.54) is 12.5 Å². The lowest BCUT2D eigenvalue weighted by Crippen LogP contribution is -2.46. The normalized spacial score (nSPS) is 29.2. The average molecular weight is 330 g/mol. The third-order valence-corrected chi connectivity index (χ3v) is 4.75. The Labute approximate surface area is 122 Å². The second-order valence-corrected chi connectivity index (χ2v) is 6.53. The summed E-state index contributed by atoms with van der Waals surface area (Å²) >= 11 is 3.38. The smallest absolute Gasteiger partial charge is 0.128 e. The molecular formula is C15H21BrFNO. The Morgan fingerprint density at radius 2 is 2.26 bits per heavy atom. The van der Waals surface area contributed by atoms with Gasteiger partial charge in [-0.1, -0.05) is 35.7 Å². The summed E-state index contributed by atoms with van der Waals surface area (Å²) in [6, 6.07) is 4.47. The zero-order valence-electron chi connectivity index (χ0n) is 11.5. The van der Waals surface area contributed by atoms with Crippen molar-refractivity contribution in [1.82, 2.24) is 0 Å². The molecule has 0 amide bonds. The zero-order chi connectivity index (χ0) is 14.0. The average Bonchev–Trinajstić information content (AvgIpc) is 2.40. The highest BCUT2D eigenvalue weighted by Gasteiger charge is 2.42. The third-order valence-electron chi connectivity index (χ3n) is 4.26. The summed E-state index contributed by atoms with van der Waals surface area (Å²) in [5, 5.41) is 0. The summed E-state index contributed by atoms with van der Waals surface area (Å²) in [5.41, 5.74) is 6.45. The van der Waals surface area contributed by atoms with Crippen LogP contribution >= 0.6 is 15.9 Å². The Morgan fingerprint density at radius 1 is 1.53 bits per heavy atom. The van der Waals surface area contributed by atoms with Gasteiger partial charge in [0.1, 0.15) is 5.82 Å². The Bertz CT molecular complexity index is 454. The number of hydrogen-bond donors (Lipinski definition) is 1. The molecule has 0 spiro atoms. The van der Waals surface area contributed by atoms with Crippen LogP contribution < -0.4 is 5.73 Å². The molecule has 19 heavy (non-hydrogen) atoms. The van der Waals surface area contributed by atoms with Crippen molar-refractivity contribution >= 4 is 15.9 Å². The highest BCUT2D eigenvalue weighted by Crippen LogP contribution is 2.42. The molecule has 1 aliphatic rings. The number of rotatable bonds is 3. The first kappa shape index (κ1) is 14.9. The van der Waals surface area contributed by atoms with Crippen LogP contribution in [0.3, 0.4) is 0 Å². The predicted molar refractivity (Wildman–Crippen MR) is 78.4 cm³/mol. The van der Waals surface area contributed by atoms with Crippen molar-refractivity contribution in [2.75, 3.05) is 7.11 Å². The van der Waals surface area contributed by atoms with Crippen LogP contribution in [0, 0.1) is 11.7 Å². The lowest BCUT2D eigenvalue weighted by atomic mass is 9.73. The molecule has 1 fully saturated rings. The third kappa shape index (κ3) is 3.01. The van der Waals surface area contributed by atoms with Gasteiger partial charge in [0.2, 0.25) is 0 Å². The number of ether oxygens (including phenoxy) is 1. The fraction of sp³-hybridized carbons (Fsp3) is 0.600. The Balaban J connectivity index is 2.34. The maximum Gasteiger partial charge on any atom is 0.128 e. The first-order valence-electron chi connectivity index (χ1n) is 6.74. The maximum atomic E-state index is 14.0. The van der Waals surface area contributed by atoms with Crippen molar-refractivity contribution in [2.45, 2.75) is 44.2 Å². The minimum absolute atomic E-state index is 0.259. The quantitative estimate of drug-likeness (QED) is 0.902. The number of nitrogens with two attached hydrogens (primary N) is 1. The molecule has 0 bridgehead atoms. The van der Waals surface area contributed by atoms with Crippen molar-refractivity contribution in [2.24, 2.45) is 11.7 Å². The van der Waals surface area contributed by atoms with E-state index >= 15 is 0 Å². The molecule has 2 rings (SSSR count). The molecule has 0 aromatic heterocycles. The van der Waals surface area contributed by atoms with Crippen LogP contribution in [0.5, 0.6) is 0 Å². The Kier molecular flexibility index (Phi) is 4.64. The molecule has 1 aromatic carbocycles. The van der Waals surface area contributed by atoms with Gasteiger partial charge in [-0.25, -0.2) is 4.39 Å². The second-order valence-electron chi connectivity index (χ2n) is 5.61. The minimum atomic E-state index is -0.445. The number of methoxy groups -OCH3 is 1. The molecule has 0 heterocycles. The molecule has 4 heteroatoms. The second kappa shape index (κ2) is 5.90. The van der Waals surface area contributed by atoms with Crippen LogP contribution in [-0.4, -0.2) is 12.7 Å². The summed E-state index contributed by atoms with van der Waals surface area (Å²) in [6.45, 7) is 2.21. The van der Waals surface area contributed by atoms with Crippen LogP contribution in [0.1, 0.15) is 44.2 Å². The SMILES string of the molecule is COC1(C(N)c2cc(Br)ccc2F)CCCC(C)C1. The fourth-order valence-corrected chi connectivity index (χ4v) is 3.55. The van der Waals surface area contributed by atoms with E-state index < -0.39 is 11.6 Å². The van der Waals surface area contributed by atoms with E-state index in [1.807, 2.05) is 0 Å². The molecule has 0 radical (unpaired) electrons. The molecular weight excluding hydrogens is 309 g/mol. The molecule has 3 unspecified atom stereocenters. The van der Waals surface area contributed by atoms with E-state index in [2.05, 4.69) is 22.9 Å². The molecule has 2 N–H and O–H groups in total. The van der Waals surface area contributed by atoms with E-state index in [9.17, 15) is 4.39 Å². The zero-order valence-corrected chi connectivity index (χ0v) is 13.0. The first-order valence-corrected chi connectivity index (χ1v) is 7.53. The van der Waals surface area contributed by atoms with Crippen molar-refractivity contribution in [3.63, 3.8) is 0 Å². The summed E-state index contributed by atoms with van der Waals surface area (Å²) in [4.78, 5) is 0. The largest absolute Gasteiger partial charge is 0.376 e. The molecule has 1 saturated carbocycles. The first-order chi connectivity index (χ1) is 8.98. The van der Waals surface area contributed by atoms with E-state index in [-0.39, 0.29) is 5.82 Å². The molecule has 106 valence electrons. The van der Waals surface area contributed by atoms with Gasteiger partial charge in [0.05, 0.1) is 11.6 Å². The Hall–Kier alpha value is -0.450. The highest BCUT2D eigenvalue weighted by atomic mass is 79.9. The summed E-state index contributed by atoms with van der Waals surface area (Å²) in [5.74, 6) is 0.306. The molecule has 0 saturated heterocycles. The number of hydrogen-bond acceptors (Lipinski definition) is 2. The van der Waals surface area contributed by atoms with E-state index in [1.54, 1.807) is 19.2 Å². The van der Waals surface area contributed by atoms with E-state index in [4.69, 9.17) is 10.5 Å². The van der Waals surface area contributed by atoms with E-state index in [0.717, 1.165) is 23.7 Å². The van der Waals surface area contributed by atoms with Gasteiger partial charge in [0.25, 0.3) is 0 Å². The molecule has 3 atom stereocenters. The van der Waals surface area contributed by atoms with Crippen molar-refractivity contribution in [1.29, 1.82) is 0 Å². The van der Waals surface area contributed by atoms with Gasteiger partial charge in [-0.3, -0.25) is 0 Å². The van der Waals surface area contributed by atoms with Crippen LogP contribution in [0.2, 0.25) is 0 Å². The molecule has 1 aromatic rings. The van der Waals surface area contributed by atoms with Gasteiger partial charge >= 0.3 is 0 Å². The van der Waals surface area contributed by atoms with Crippen LogP contribution in [0.25, 0.3) is 0 Å². The Morgan fingerprint density at radius 3 is 2.89 bits per heavy atom. The van der Waals surface area contributed by atoms with Gasteiger partial charge in [-0.2, -0.15) is 0 Å². The number of benzene rings is 1. The van der Waals surface area contributed by atoms with Crippen LogP contribution in [0.15, 0.2) is 22.7 Å². The summed E-state index contributed by atoms with van der Waals surface area (Å²) in [7, 11) is 1.69. The van der Waals surface area contributed by atoms with Gasteiger partial charge < -0.3 is 10.5 Å². The van der Waals surface area contributed by atoms with Gasteiger partial charge in [0.15, 0.2) is 0 Å². The predicted octanol–water partition coefficient (Wildman–Crippen LogP) is 4.18. The van der Waals surface area contributed by atoms with Crippen molar-refractivity contribution in [3.05, 3.63) is 34.1 Å². The molecule has 2 nitrogen and oxygen atoms in total. The van der Waals surface area contributed by atoms with Gasteiger partial charge in [0, 0.05) is 17.1 Å². The van der Waals surface area contributed by atoms with Crippen molar-refractivity contribution < 1.29 is 9.13 Å². The fourth-order valence-electron chi connectivity index (χ4n) is 3.17. The minimum Gasteiger partial charge on any atom is -0.376 e. The molecule has 0 aliphatic heterocycles. The maximum absolute atomic E-state index is 14.0. The highest BCUT2D eigenvalue weighted by molar-refractivity contribution is 9.10. The summed E-state index contributed by atoms with van der Waals surface area (Å²) < 4.78 is 20.6.